The van der Waals surface area contributed by atoms with Crippen LogP contribution in [-0.4, -0.2) is 45.8 Å². The lowest BCUT2D eigenvalue weighted by Crippen LogP contribution is -2.37. The van der Waals surface area contributed by atoms with Crippen molar-refractivity contribution in [2.24, 2.45) is 5.92 Å². The highest BCUT2D eigenvalue weighted by molar-refractivity contribution is 7.17. The third-order valence-corrected chi connectivity index (χ3v) is 7.16. The molecule has 0 aliphatic heterocycles. The Balaban J connectivity index is 1.49. The molecule has 2 aromatic heterocycles. The fourth-order valence-corrected chi connectivity index (χ4v) is 5.15. The zero-order chi connectivity index (χ0) is 25.7. The third kappa shape index (κ3) is 6.73. The summed E-state index contributed by atoms with van der Waals surface area (Å²) in [6.07, 6.45) is 0.294. The number of fused-ring (bicyclic) bond motifs is 1. The Labute approximate surface area is 220 Å². The fraction of sp³-hybridized carbons (Fsp3) is 0.357. The number of para-hydroxylation sites is 1. The number of nitrogens with one attached hydrogen (secondary N) is 1. The normalized spacial score (nSPS) is 12.5. The van der Waals surface area contributed by atoms with Gasteiger partial charge in [-0.1, -0.05) is 55.8 Å². The number of rotatable bonds is 11. The van der Waals surface area contributed by atoms with Crippen LogP contribution in [0, 0.1) is 12.8 Å². The number of aliphatic hydroxyl groups is 1. The minimum Gasteiger partial charge on any atom is -0.491 e. The number of hydrogen-bond acceptors (Lipinski definition) is 6. The number of ether oxygens (including phenoxy) is 1. The molecule has 2 heterocycles. The summed E-state index contributed by atoms with van der Waals surface area (Å²) in [4.78, 5) is 23.6. The van der Waals surface area contributed by atoms with Crippen LogP contribution < -0.4 is 10.3 Å². The summed E-state index contributed by atoms with van der Waals surface area (Å²) in [7, 11) is 0. The second-order valence-corrected chi connectivity index (χ2v) is 10.8. The molecular formula is C28H32ClN3O3S. The third-order valence-electron chi connectivity index (χ3n) is 6.04. The lowest BCUT2D eigenvalue weighted by atomic mass is 10.1. The van der Waals surface area contributed by atoms with E-state index in [2.05, 4.69) is 23.7 Å². The minimum atomic E-state index is -0.675. The number of halogens is 1. The Morgan fingerprint density at radius 3 is 2.64 bits per heavy atom. The zero-order valence-electron chi connectivity index (χ0n) is 20.8. The number of benzene rings is 2. The molecule has 4 rings (SSSR count). The average Bonchev–Trinajstić information content (AvgIpc) is 3.27. The Morgan fingerprint density at radius 2 is 1.92 bits per heavy atom. The van der Waals surface area contributed by atoms with Gasteiger partial charge in [0.25, 0.3) is 5.56 Å². The Bertz CT molecular complexity index is 1350. The molecule has 0 aliphatic rings. The van der Waals surface area contributed by atoms with Gasteiger partial charge < -0.3 is 14.8 Å². The van der Waals surface area contributed by atoms with E-state index in [4.69, 9.17) is 21.3 Å². The summed E-state index contributed by atoms with van der Waals surface area (Å²) >= 11 is 7.48. The summed E-state index contributed by atoms with van der Waals surface area (Å²) in [5.74, 6) is 1.88. The van der Waals surface area contributed by atoms with Crippen molar-refractivity contribution in [2.75, 3.05) is 19.7 Å². The minimum absolute atomic E-state index is 0.159. The van der Waals surface area contributed by atoms with Gasteiger partial charge in [-0.25, -0.2) is 4.98 Å². The van der Waals surface area contributed by atoms with Crippen molar-refractivity contribution in [3.63, 3.8) is 0 Å². The maximum absolute atomic E-state index is 13.1. The number of aryl methyl sites for hydroxylation is 1. The van der Waals surface area contributed by atoms with E-state index < -0.39 is 6.10 Å². The molecule has 0 amide bonds. The number of hydrogen-bond donors (Lipinski definition) is 2. The summed E-state index contributed by atoms with van der Waals surface area (Å²) in [6, 6.07) is 15.2. The van der Waals surface area contributed by atoms with Gasteiger partial charge in [-0.05, 0) is 55.1 Å². The predicted octanol–water partition coefficient (Wildman–Crippen LogP) is 5.90. The van der Waals surface area contributed by atoms with Crippen LogP contribution in [0.1, 0.15) is 31.7 Å². The number of H-pyrrole nitrogens is 1. The molecule has 1 unspecified atom stereocenters. The average molecular weight is 526 g/mol. The molecule has 4 aromatic rings. The molecule has 0 fully saturated rings. The van der Waals surface area contributed by atoms with E-state index in [9.17, 15) is 9.90 Å². The highest BCUT2D eigenvalue weighted by atomic mass is 35.5. The summed E-state index contributed by atoms with van der Waals surface area (Å²) in [6.45, 7) is 8.16. The predicted molar refractivity (Wildman–Crippen MR) is 148 cm³/mol. The van der Waals surface area contributed by atoms with E-state index in [0.717, 1.165) is 35.4 Å². The molecule has 2 aromatic carbocycles. The molecule has 0 aliphatic carbocycles. The maximum Gasteiger partial charge on any atom is 0.260 e. The fourth-order valence-electron chi connectivity index (χ4n) is 4.05. The molecule has 2 N–H and O–H groups in total. The summed E-state index contributed by atoms with van der Waals surface area (Å²) in [5.41, 5.74) is 2.66. The van der Waals surface area contributed by atoms with E-state index in [0.29, 0.717) is 40.1 Å². The molecule has 1 atom stereocenters. The molecule has 8 heteroatoms. The lowest BCUT2D eigenvalue weighted by Gasteiger charge is -2.25. The van der Waals surface area contributed by atoms with Gasteiger partial charge in [0.05, 0.1) is 11.9 Å². The van der Waals surface area contributed by atoms with E-state index in [-0.39, 0.29) is 12.2 Å². The molecule has 0 radical (unpaired) electrons. The van der Waals surface area contributed by atoms with Gasteiger partial charge in [0.2, 0.25) is 0 Å². The van der Waals surface area contributed by atoms with E-state index in [1.807, 2.05) is 60.8 Å². The first kappa shape index (κ1) is 26.4. The second-order valence-electron chi connectivity index (χ2n) is 9.50. The molecule has 0 saturated heterocycles. The maximum atomic E-state index is 13.1. The van der Waals surface area contributed by atoms with Crippen LogP contribution in [0.2, 0.25) is 5.02 Å². The van der Waals surface area contributed by atoms with E-state index in [1.165, 1.54) is 11.3 Å². The molecule has 6 nitrogen and oxygen atoms in total. The quantitative estimate of drug-likeness (QED) is 0.255. The van der Waals surface area contributed by atoms with Crippen LogP contribution in [0.5, 0.6) is 5.75 Å². The molecule has 36 heavy (non-hydrogen) atoms. The second kappa shape index (κ2) is 12.0. The summed E-state index contributed by atoms with van der Waals surface area (Å²) in [5, 5.41) is 13.9. The zero-order valence-corrected chi connectivity index (χ0v) is 22.4. The van der Waals surface area contributed by atoms with E-state index in [1.54, 1.807) is 0 Å². The van der Waals surface area contributed by atoms with Crippen LogP contribution >= 0.6 is 22.9 Å². The number of aliphatic hydroxyl groups excluding tert-OH is 1. The van der Waals surface area contributed by atoms with Gasteiger partial charge in [0.15, 0.2) is 0 Å². The largest absolute Gasteiger partial charge is 0.491 e. The van der Waals surface area contributed by atoms with Crippen LogP contribution in [0.25, 0.3) is 21.3 Å². The van der Waals surface area contributed by atoms with Crippen molar-refractivity contribution in [2.45, 2.75) is 39.8 Å². The number of aromatic amines is 1. The lowest BCUT2D eigenvalue weighted by molar-refractivity contribution is 0.0628. The van der Waals surface area contributed by atoms with Gasteiger partial charge in [0, 0.05) is 22.5 Å². The Hall–Kier alpha value is -2.71. The highest BCUT2D eigenvalue weighted by Crippen LogP contribution is 2.31. The number of aromatic nitrogens is 2. The molecule has 0 bridgehead atoms. The van der Waals surface area contributed by atoms with E-state index >= 15 is 0 Å². The SMILES string of the molecule is Cc1ccccc1OCC(O)CN(CCC(C)C)Cc1nc2scc(-c3ccc(Cl)cc3)c2c(=O)[nH]1. The first-order valence-corrected chi connectivity index (χ1v) is 13.4. The molecule has 0 spiro atoms. The van der Waals surface area contributed by atoms with Gasteiger partial charge in [-0.15, -0.1) is 11.3 Å². The number of nitrogens with zero attached hydrogens (tertiary/aromatic N) is 2. The molecular weight excluding hydrogens is 494 g/mol. The van der Waals surface area contributed by atoms with Crippen molar-refractivity contribution in [1.29, 1.82) is 0 Å². The first-order valence-electron chi connectivity index (χ1n) is 12.2. The molecule has 0 saturated carbocycles. The van der Waals surface area contributed by atoms with Crippen LogP contribution in [0.4, 0.5) is 0 Å². The first-order chi connectivity index (χ1) is 17.3. The van der Waals surface area contributed by atoms with Crippen LogP contribution in [0.3, 0.4) is 0 Å². The molecule has 190 valence electrons. The van der Waals surface area contributed by atoms with Gasteiger partial charge in [0.1, 0.15) is 29.1 Å². The van der Waals surface area contributed by atoms with Crippen LogP contribution in [-0.2, 0) is 6.54 Å². The smallest absolute Gasteiger partial charge is 0.260 e. The van der Waals surface area contributed by atoms with Crippen molar-refractivity contribution in [1.82, 2.24) is 14.9 Å². The van der Waals surface area contributed by atoms with Crippen molar-refractivity contribution in [3.8, 4) is 16.9 Å². The monoisotopic (exact) mass is 525 g/mol. The highest BCUT2D eigenvalue weighted by Gasteiger charge is 2.18. The van der Waals surface area contributed by atoms with Crippen molar-refractivity contribution in [3.05, 3.63) is 80.7 Å². The van der Waals surface area contributed by atoms with Crippen molar-refractivity contribution < 1.29 is 9.84 Å². The van der Waals surface area contributed by atoms with Crippen LogP contribution in [0.15, 0.2) is 58.7 Å². The Kier molecular flexibility index (Phi) is 8.80. The number of thiophene rings is 1. The standard InChI is InChI=1S/C28H32ClN3O3S/c1-18(2)12-13-32(14-22(33)16-35-24-7-5-4-6-19(24)3)15-25-30-27(34)26-23(17-36-28(26)31-25)20-8-10-21(29)11-9-20/h4-11,17-18,22,33H,12-16H2,1-3H3,(H,30,31,34). The Morgan fingerprint density at radius 1 is 1.17 bits per heavy atom. The van der Waals surface area contributed by atoms with Gasteiger partial charge in [-0.3, -0.25) is 9.69 Å². The summed E-state index contributed by atoms with van der Waals surface area (Å²) < 4.78 is 5.85. The van der Waals surface area contributed by atoms with Crippen molar-refractivity contribution >= 4 is 33.2 Å². The topological polar surface area (TPSA) is 78.5 Å². The van der Waals surface area contributed by atoms with Gasteiger partial charge >= 0.3 is 0 Å². The van der Waals surface area contributed by atoms with Gasteiger partial charge in [-0.2, -0.15) is 0 Å².